The second-order valence-electron chi connectivity index (χ2n) is 5.95. The second kappa shape index (κ2) is 5.15. The highest BCUT2D eigenvalue weighted by molar-refractivity contribution is 8.21. The Morgan fingerprint density at radius 2 is 2.16 bits per heavy atom. The smallest absolute Gasteiger partial charge is 0.315 e. The summed E-state index contributed by atoms with van der Waals surface area (Å²) in [7, 11) is 2.16. The van der Waals surface area contributed by atoms with Gasteiger partial charge in [-0.25, -0.2) is 0 Å². The van der Waals surface area contributed by atoms with E-state index in [-0.39, 0.29) is 15.5 Å². The molecule has 0 amide bonds. The fourth-order valence-electron chi connectivity index (χ4n) is 4.23. The molecule has 2 heterocycles. The molecule has 0 aromatic rings. The van der Waals surface area contributed by atoms with Crippen molar-refractivity contribution in [2.75, 3.05) is 38.2 Å². The van der Waals surface area contributed by atoms with Gasteiger partial charge in [-0.15, -0.1) is 23.5 Å². The van der Waals surface area contributed by atoms with Gasteiger partial charge in [0, 0.05) is 24.6 Å². The molecule has 0 N–H and O–H groups in total. The average Bonchev–Trinajstić information content (AvgIpc) is 2.82. The number of piperidine rings is 1. The van der Waals surface area contributed by atoms with Gasteiger partial charge in [0.25, 0.3) is 0 Å². The number of hydrogen-bond acceptors (Lipinski definition) is 5. The standard InChI is InChI=1S/C14H23NO2S2/c1-3-17-12(16)13-6-4-5-11(9-15(2)10-13)14(13)18-7-8-19-14/h11H,3-10H2,1-2H3. The van der Waals surface area contributed by atoms with Crippen molar-refractivity contribution in [3.05, 3.63) is 0 Å². The van der Waals surface area contributed by atoms with E-state index in [2.05, 4.69) is 11.9 Å². The van der Waals surface area contributed by atoms with Crippen molar-refractivity contribution >= 4 is 29.5 Å². The van der Waals surface area contributed by atoms with Crippen LogP contribution in [-0.4, -0.2) is 53.2 Å². The van der Waals surface area contributed by atoms with Crippen LogP contribution in [0, 0.1) is 11.3 Å². The highest BCUT2D eigenvalue weighted by Crippen LogP contribution is 2.66. The Hall–Kier alpha value is 0.130. The summed E-state index contributed by atoms with van der Waals surface area (Å²) < 4.78 is 5.60. The number of carbonyl (C=O) groups excluding carboxylic acids is 1. The van der Waals surface area contributed by atoms with Crippen molar-refractivity contribution in [1.29, 1.82) is 0 Å². The van der Waals surface area contributed by atoms with Crippen molar-refractivity contribution in [2.45, 2.75) is 30.3 Å². The number of ether oxygens (including phenoxy) is 1. The van der Waals surface area contributed by atoms with Gasteiger partial charge in [0.15, 0.2) is 0 Å². The van der Waals surface area contributed by atoms with Crippen LogP contribution in [0.2, 0.25) is 0 Å². The molecule has 5 heteroatoms. The normalized spacial score (nSPS) is 37.5. The lowest BCUT2D eigenvalue weighted by Crippen LogP contribution is -2.65. The summed E-state index contributed by atoms with van der Waals surface area (Å²) in [6, 6.07) is 0. The molecular weight excluding hydrogens is 278 g/mol. The zero-order valence-corrected chi connectivity index (χ0v) is 13.4. The minimum atomic E-state index is -0.273. The first kappa shape index (κ1) is 14.1. The Labute approximate surface area is 124 Å². The predicted octanol–water partition coefficient (Wildman–Crippen LogP) is 2.46. The van der Waals surface area contributed by atoms with Gasteiger partial charge in [-0.1, -0.05) is 6.42 Å². The molecule has 2 saturated heterocycles. The summed E-state index contributed by atoms with van der Waals surface area (Å²) in [6.45, 7) is 4.44. The van der Waals surface area contributed by atoms with Gasteiger partial charge in [0.05, 0.1) is 10.7 Å². The van der Waals surface area contributed by atoms with Crippen LogP contribution >= 0.6 is 23.5 Å². The molecular formula is C14H23NO2S2. The highest BCUT2D eigenvalue weighted by Gasteiger charge is 2.66. The third-order valence-electron chi connectivity index (χ3n) is 4.82. The van der Waals surface area contributed by atoms with Crippen LogP contribution in [-0.2, 0) is 9.53 Å². The highest BCUT2D eigenvalue weighted by atomic mass is 32.2. The molecule has 2 aliphatic heterocycles. The lowest BCUT2D eigenvalue weighted by molar-refractivity contribution is -0.163. The van der Waals surface area contributed by atoms with Crippen LogP contribution in [0.4, 0.5) is 0 Å². The summed E-state index contributed by atoms with van der Waals surface area (Å²) in [5.41, 5.74) is -0.273. The Kier molecular flexibility index (Phi) is 3.82. The number of rotatable bonds is 2. The second-order valence-corrected chi connectivity index (χ2v) is 8.89. The van der Waals surface area contributed by atoms with E-state index in [9.17, 15) is 4.79 Å². The molecule has 0 radical (unpaired) electrons. The molecule has 2 bridgehead atoms. The van der Waals surface area contributed by atoms with Crippen LogP contribution < -0.4 is 0 Å². The molecule has 3 rings (SSSR count). The van der Waals surface area contributed by atoms with Crippen molar-refractivity contribution in [1.82, 2.24) is 4.90 Å². The molecule has 108 valence electrons. The number of esters is 1. The molecule has 1 saturated carbocycles. The van der Waals surface area contributed by atoms with E-state index in [1.165, 1.54) is 24.3 Å². The van der Waals surface area contributed by atoms with Crippen molar-refractivity contribution < 1.29 is 9.53 Å². The molecule has 3 nitrogen and oxygen atoms in total. The van der Waals surface area contributed by atoms with Gasteiger partial charge in [-0.05, 0) is 32.7 Å². The molecule has 1 spiro atoms. The SMILES string of the molecule is CCOC(=O)C12CCCC(CN(C)C1)C21SCCS1. The van der Waals surface area contributed by atoms with Crippen LogP contribution in [0.3, 0.4) is 0 Å². The molecule has 3 fully saturated rings. The van der Waals surface area contributed by atoms with Gasteiger partial charge in [0.2, 0.25) is 0 Å². The van der Waals surface area contributed by atoms with E-state index in [0.717, 1.165) is 19.5 Å². The minimum absolute atomic E-state index is 0.0631. The third kappa shape index (κ3) is 1.95. The molecule has 0 aromatic carbocycles. The zero-order chi connectivity index (χ0) is 13.5. The zero-order valence-electron chi connectivity index (χ0n) is 11.8. The predicted molar refractivity (Wildman–Crippen MR) is 81.6 cm³/mol. The van der Waals surface area contributed by atoms with E-state index in [4.69, 9.17) is 4.74 Å². The average molecular weight is 301 g/mol. The van der Waals surface area contributed by atoms with Crippen molar-refractivity contribution in [3.63, 3.8) is 0 Å². The third-order valence-corrected chi connectivity index (χ3v) is 8.90. The number of thioether (sulfide) groups is 2. The number of nitrogens with zero attached hydrogens (tertiary/aromatic N) is 1. The van der Waals surface area contributed by atoms with E-state index in [1.54, 1.807) is 0 Å². The summed E-state index contributed by atoms with van der Waals surface area (Å²) in [5.74, 6) is 3.08. The number of hydrogen-bond donors (Lipinski definition) is 0. The van der Waals surface area contributed by atoms with Crippen molar-refractivity contribution in [2.24, 2.45) is 11.3 Å². The summed E-state index contributed by atoms with van der Waals surface area (Å²) in [6.07, 6.45) is 3.46. The molecule has 1 aliphatic carbocycles. The maximum Gasteiger partial charge on any atom is 0.315 e. The Bertz CT molecular complexity index is 370. The van der Waals surface area contributed by atoms with Gasteiger partial charge >= 0.3 is 5.97 Å². The van der Waals surface area contributed by atoms with E-state index in [1.807, 2.05) is 30.4 Å². The van der Waals surface area contributed by atoms with Crippen LogP contribution in [0.5, 0.6) is 0 Å². The first-order valence-electron chi connectivity index (χ1n) is 7.28. The first-order chi connectivity index (χ1) is 9.14. The Balaban J connectivity index is 2.01. The summed E-state index contributed by atoms with van der Waals surface area (Å²) in [5, 5.41) is 0. The molecule has 2 unspecified atom stereocenters. The van der Waals surface area contributed by atoms with Crippen LogP contribution in [0.15, 0.2) is 0 Å². The number of carbonyl (C=O) groups is 1. The molecule has 2 atom stereocenters. The monoisotopic (exact) mass is 301 g/mol. The van der Waals surface area contributed by atoms with Crippen LogP contribution in [0.1, 0.15) is 26.2 Å². The van der Waals surface area contributed by atoms with E-state index < -0.39 is 0 Å². The van der Waals surface area contributed by atoms with Crippen LogP contribution in [0.25, 0.3) is 0 Å². The fourth-order valence-corrected chi connectivity index (χ4v) is 8.24. The minimum Gasteiger partial charge on any atom is -0.465 e. The Morgan fingerprint density at radius 3 is 2.84 bits per heavy atom. The molecule has 3 aliphatic rings. The number of likely N-dealkylation sites (tertiary alicyclic amines) is 1. The van der Waals surface area contributed by atoms with Crippen molar-refractivity contribution in [3.8, 4) is 0 Å². The van der Waals surface area contributed by atoms with Gasteiger partial charge in [-0.2, -0.15) is 0 Å². The van der Waals surface area contributed by atoms with Gasteiger partial charge < -0.3 is 9.64 Å². The van der Waals surface area contributed by atoms with Gasteiger partial charge in [0.1, 0.15) is 5.41 Å². The Morgan fingerprint density at radius 1 is 1.42 bits per heavy atom. The van der Waals surface area contributed by atoms with E-state index >= 15 is 0 Å². The molecule has 19 heavy (non-hydrogen) atoms. The lowest BCUT2D eigenvalue weighted by atomic mass is 9.65. The van der Waals surface area contributed by atoms with E-state index in [0.29, 0.717) is 12.5 Å². The first-order valence-corrected chi connectivity index (χ1v) is 9.25. The maximum absolute atomic E-state index is 12.8. The lowest BCUT2D eigenvalue weighted by Gasteiger charge is -2.58. The summed E-state index contributed by atoms with van der Waals surface area (Å²) in [4.78, 5) is 15.1. The molecule has 0 aromatic heterocycles. The summed E-state index contributed by atoms with van der Waals surface area (Å²) >= 11 is 4.10. The fraction of sp³-hybridized carbons (Fsp3) is 0.929. The largest absolute Gasteiger partial charge is 0.465 e. The topological polar surface area (TPSA) is 29.5 Å². The maximum atomic E-state index is 12.8. The van der Waals surface area contributed by atoms with Gasteiger partial charge in [-0.3, -0.25) is 4.79 Å². The quantitative estimate of drug-likeness (QED) is 0.731.